The number of carbonyl (C=O) groups is 3. The van der Waals surface area contributed by atoms with Gasteiger partial charge in [-0.1, -0.05) is 256 Å². The second-order valence-electron chi connectivity index (χ2n) is 18.9. The second-order valence-corrected chi connectivity index (χ2v) is 18.9. The van der Waals surface area contributed by atoms with Crippen molar-refractivity contribution in [3.05, 3.63) is 48.6 Å². The van der Waals surface area contributed by atoms with Gasteiger partial charge in [-0.15, -0.1) is 0 Å². The molecule has 0 saturated heterocycles. The molecule has 6 nitrogen and oxygen atoms in total. The van der Waals surface area contributed by atoms with Crippen LogP contribution in [0.1, 0.15) is 290 Å². The molecule has 0 spiro atoms. The molecule has 0 aromatic carbocycles. The third-order valence-corrected chi connectivity index (χ3v) is 12.3. The smallest absolute Gasteiger partial charge is 0.306 e. The summed E-state index contributed by atoms with van der Waals surface area (Å²) in [6.45, 7) is 6.61. The van der Waals surface area contributed by atoms with E-state index in [1.807, 2.05) is 0 Å². The number of rotatable bonds is 51. The SMILES string of the molecule is CCCCC/C=C\C/C=C\C/C=C\C/C=C\CCCCCC(=O)OC[C@@H](COC(=O)CCCCCCCCCCCCCCC)OC(=O)CCCCCCCCCCCCCCCCC. The molecule has 0 heterocycles. The molecule has 6 heteroatoms. The summed E-state index contributed by atoms with van der Waals surface area (Å²) in [5.74, 6) is -0.897. The van der Waals surface area contributed by atoms with Gasteiger partial charge in [0.2, 0.25) is 0 Å². The van der Waals surface area contributed by atoms with E-state index in [-0.39, 0.29) is 31.1 Å². The van der Waals surface area contributed by atoms with E-state index in [1.165, 1.54) is 167 Å². The first-order valence-corrected chi connectivity index (χ1v) is 28.1. The maximum atomic E-state index is 12.8. The predicted octanol–water partition coefficient (Wildman–Crippen LogP) is 18.7. The van der Waals surface area contributed by atoms with Crippen molar-refractivity contribution in [2.75, 3.05) is 13.2 Å². The summed E-state index contributed by atoms with van der Waals surface area (Å²) >= 11 is 0. The van der Waals surface area contributed by atoms with Gasteiger partial charge in [-0.2, -0.15) is 0 Å². The van der Waals surface area contributed by atoms with Gasteiger partial charge in [-0.3, -0.25) is 14.4 Å². The lowest BCUT2D eigenvalue weighted by Gasteiger charge is -2.18. The van der Waals surface area contributed by atoms with Crippen LogP contribution in [0, 0.1) is 0 Å². The minimum atomic E-state index is -0.782. The third kappa shape index (κ3) is 52.2. The Morgan fingerprint density at radius 1 is 0.308 bits per heavy atom. The largest absolute Gasteiger partial charge is 0.462 e. The quantitative estimate of drug-likeness (QED) is 0.0262. The van der Waals surface area contributed by atoms with Crippen LogP contribution in [0.25, 0.3) is 0 Å². The number of hydrogen-bond acceptors (Lipinski definition) is 6. The fourth-order valence-electron chi connectivity index (χ4n) is 8.07. The van der Waals surface area contributed by atoms with Gasteiger partial charge >= 0.3 is 17.9 Å². The van der Waals surface area contributed by atoms with Crippen molar-refractivity contribution < 1.29 is 28.6 Å². The van der Waals surface area contributed by atoms with Crippen LogP contribution in [-0.2, 0) is 28.6 Å². The molecule has 65 heavy (non-hydrogen) atoms. The maximum Gasteiger partial charge on any atom is 0.306 e. The lowest BCUT2D eigenvalue weighted by molar-refractivity contribution is -0.167. The Bertz CT molecular complexity index is 1140. The minimum absolute atomic E-state index is 0.0791. The predicted molar refractivity (Wildman–Crippen MR) is 279 cm³/mol. The molecule has 1 atom stereocenters. The summed E-state index contributed by atoms with van der Waals surface area (Å²) in [7, 11) is 0. The number of unbranched alkanes of at least 4 members (excludes halogenated alkanes) is 32. The van der Waals surface area contributed by atoms with Gasteiger partial charge in [0.15, 0.2) is 6.10 Å². The van der Waals surface area contributed by atoms with Gasteiger partial charge in [-0.25, -0.2) is 0 Å². The number of allylic oxidation sites excluding steroid dienone is 8. The molecular weight excluding hydrogens is 805 g/mol. The normalized spacial score (nSPS) is 12.4. The van der Waals surface area contributed by atoms with Crippen molar-refractivity contribution in [2.45, 2.75) is 297 Å². The van der Waals surface area contributed by atoms with E-state index >= 15 is 0 Å². The Morgan fingerprint density at radius 3 is 0.892 bits per heavy atom. The molecule has 0 aromatic rings. The zero-order chi connectivity index (χ0) is 47.2. The average molecular weight is 911 g/mol. The van der Waals surface area contributed by atoms with Gasteiger partial charge in [-0.05, 0) is 64.2 Å². The topological polar surface area (TPSA) is 78.9 Å². The summed E-state index contributed by atoms with van der Waals surface area (Å²) in [6, 6.07) is 0. The van der Waals surface area contributed by atoms with Crippen molar-refractivity contribution in [1.29, 1.82) is 0 Å². The van der Waals surface area contributed by atoms with Gasteiger partial charge in [0.1, 0.15) is 13.2 Å². The first kappa shape index (κ1) is 62.4. The Morgan fingerprint density at radius 2 is 0.554 bits per heavy atom. The molecule has 0 saturated carbocycles. The van der Waals surface area contributed by atoms with Crippen LogP contribution >= 0.6 is 0 Å². The molecule has 0 aliphatic carbocycles. The van der Waals surface area contributed by atoms with E-state index in [9.17, 15) is 14.4 Å². The first-order chi connectivity index (χ1) is 32.0. The molecular formula is C59H106O6. The highest BCUT2D eigenvalue weighted by Gasteiger charge is 2.19. The fraction of sp³-hybridized carbons (Fsp3) is 0.814. The lowest BCUT2D eigenvalue weighted by Crippen LogP contribution is -2.30. The highest BCUT2D eigenvalue weighted by atomic mass is 16.6. The Hall–Kier alpha value is -2.63. The number of ether oxygens (including phenoxy) is 3. The summed E-state index contributed by atoms with van der Waals surface area (Å²) < 4.78 is 16.8. The number of hydrogen-bond donors (Lipinski definition) is 0. The van der Waals surface area contributed by atoms with Crippen LogP contribution in [-0.4, -0.2) is 37.2 Å². The second kappa shape index (κ2) is 54.0. The Labute approximate surface area is 403 Å². The van der Waals surface area contributed by atoms with Crippen molar-refractivity contribution in [2.24, 2.45) is 0 Å². The van der Waals surface area contributed by atoms with Crippen LogP contribution in [0.4, 0.5) is 0 Å². The lowest BCUT2D eigenvalue weighted by atomic mass is 10.0. The van der Waals surface area contributed by atoms with Gasteiger partial charge in [0.25, 0.3) is 0 Å². The zero-order valence-electron chi connectivity index (χ0n) is 43.3. The zero-order valence-corrected chi connectivity index (χ0v) is 43.3. The van der Waals surface area contributed by atoms with Gasteiger partial charge in [0, 0.05) is 19.3 Å². The van der Waals surface area contributed by atoms with Gasteiger partial charge in [0.05, 0.1) is 0 Å². The van der Waals surface area contributed by atoms with Crippen molar-refractivity contribution in [3.8, 4) is 0 Å². The molecule has 0 amide bonds. The fourth-order valence-corrected chi connectivity index (χ4v) is 8.07. The average Bonchev–Trinajstić information content (AvgIpc) is 3.30. The highest BCUT2D eigenvalue weighted by Crippen LogP contribution is 2.16. The molecule has 0 aliphatic heterocycles. The Kier molecular flexibility index (Phi) is 51.8. The van der Waals surface area contributed by atoms with Crippen molar-refractivity contribution in [3.63, 3.8) is 0 Å². The third-order valence-electron chi connectivity index (χ3n) is 12.3. The molecule has 0 aromatic heterocycles. The maximum absolute atomic E-state index is 12.8. The molecule has 0 aliphatic rings. The monoisotopic (exact) mass is 911 g/mol. The van der Waals surface area contributed by atoms with E-state index in [4.69, 9.17) is 14.2 Å². The van der Waals surface area contributed by atoms with E-state index < -0.39 is 6.10 Å². The summed E-state index contributed by atoms with van der Waals surface area (Å²) in [6.07, 6.45) is 65.2. The van der Waals surface area contributed by atoms with E-state index in [2.05, 4.69) is 69.4 Å². The molecule has 0 fully saturated rings. The summed E-state index contributed by atoms with van der Waals surface area (Å²) in [5.41, 5.74) is 0. The van der Waals surface area contributed by atoms with Crippen molar-refractivity contribution >= 4 is 17.9 Å². The van der Waals surface area contributed by atoms with Crippen LogP contribution < -0.4 is 0 Å². The first-order valence-electron chi connectivity index (χ1n) is 28.1. The van der Waals surface area contributed by atoms with Crippen LogP contribution in [0.5, 0.6) is 0 Å². The van der Waals surface area contributed by atoms with E-state index in [0.29, 0.717) is 19.3 Å². The Balaban J connectivity index is 4.40. The molecule has 0 rings (SSSR count). The highest BCUT2D eigenvalue weighted by molar-refractivity contribution is 5.71. The molecule has 0 unspecified atom stereocenters. The summed E-state index contributed by atoms with van der Waals surface area (Å²) in [4.78, 5) is 38.1. The molecule has 0 radical (unpaired) electrons. The van der Waals surface area contributed by atoms with Gasteiger partial charge < -0.3 is 14.2 Å². The number of carbonyl (C=O) groups excluding carboxylic acids is 3. The standard InChI is InChI=1S/C59H106O6/c1-4-7-10-13-16-19-22-25-27-28-29-30-32-34-37-40-43-46-49-52-58(61)64-55-56(54-63-57(60)51-48-45-42-39-36-33-24-21-18-15-12-9-6-3)65-59(62)53-50-47-44-41-38-35-31-26-23-20-17-14-11-8-5-2/h16,19,25,27,29-30,34,37,56H,4-15,17-18,20-24,26,28,31-33,35-36,38-55H2,1-3H3/b19-16-,27-25-,30-29-,37-34-/t56-/m1/s1. The molecule has 378 valence electrons. The van der Waals surface area contributed by atoms with Crippen LogP contribution in [0.15, 0.2) is 48.6 Å². The molecule has 0 bridgehead atoms. The summed E-state index contributed by atoms with van der Waals surface area (Å²) in [5, 5.41) is 0. The van der Waals surface area contributed by atoms with E-state index in [1.54, 1.807) is 0 Å². The van der Waals surface area contributed by atoms with E-state index in [0.717, 1.165) is 83.5 Å². The van der Waals surface area contributed by atoms with Crippen LogP contribution in [0.2, 0.25) is 0 Å². The van der Waals surface area contributed by atoms with Crippen LogP contribution in [0.3, 0.4) is 0 Å². The number of esters is 3. The molecule has 0 N–H and O–H groups in total. The van der Waals surface area contributed by atoms with Crippen molar-refractivity contribution in [1.82, 2.24) is 0 Å². The minimum Gasteiger partial charge on any atom is -0.462 e.